The lowest BCUT2D eigenvalue weighted by atomic mass is 10.3. The average Bonchev–Trinajstić information content (AvgIpc) is 3.08. The van der Waals surface area contributed by atoms with Gasteiger partial charge >= 0.3 is 5.69 Å². The van der Waals surface area contributed by atoms with Crippen LogP contribution in [0.2, 0.25) is 0 Å². The molecule has 1 amide bonds. The summed E-state index contributed by atoms with van der Waals surface area (Å²) in [4.78, 5) is 24.5. The van der Waals surface area contributed by atoms with Crippen molar-refractivity contribution in [3.8, 4) is 0 Å². The van der Waals surface area contributed by atoms with Crippen LogP contribution in [0.1, 0.15) is 20.3 Å². The van der Waals surface area contributed by atoms with Gasteiger partial charge in [0.15, 0.2) is 5.16 Å². The van der Waals surface area contributed by atoms with E-state index in [0.29, 0.717) is 43.7 Å². The number of aromatic nitrogens is 3. The largest absolute Gasteiger partial charge is 0.379 e. The fourth-order valence-electron chi connectivity index (χ4n) is 2.92. The van der Waals surface area contributed by atoms with Crippen molar-refractivity contribution in [1.29, 1.82) is 0 Å². The van der Waals surface area contributed by atoms with Gasteiger partial charge in [0.2, 0.25) is 15.9 Å². The number of carbonyl (C=O) groups excluding carboxylic acids is 1. The van der Waals surface area contributed by atoms with Crippen LogP contribution in [0.25, 0.3) is 0 Å². The molecule has 1 aliphatic rings. The minimum atomic E-state index is -3.58. The standard InChI is InChI=1S/C18H25N5O5S2/c1-3-8-23-17(25)20-21-18(23)29-13(2)16(24)19-14-4-6-15(7-5-14)30(26,27)22-9-11-28-12-10-22/h4-7,13H,3,8-12H2,1-2H3,(H,19,24)(H,20,25)/t13-/m0/s1. The summed E-state index contributed by atoms with van der Waals surface area (Å²) < 4.78 is 33.4. The Morgan fingerprint density at radius 2 is 1.97 bits per heavy atom. The van der Waals surface area contributed by atoms with E-state index >= 15 is 0 Å². The van der Waals surface area contributed by atoms with E-state index in [2.05, 4.69) is 15.5 Å². The zero-order valence-electron chi connectivity index (χ0n) is 16.8. The van der Waals surface area contributed by atoms with Gasteiger partial charge in [-0.15, -0.1) is 5.10 Å². The molecule has 2 N–H and O–H groups in total. The van der Waals surface area contributed by atoms with Crippen LogP contribution in [0.5, 0.6) is 0 Å². The molecule has 0 bridgehead atoms. The summed E-state index contributed by atoms with van der Waals surface area (Å²) in [7, 11) is -3.58. The fourth-order valence-corrected chi connectivity index (χ4v) is 5.21. The van der Waals surface area contributed by atoms with E-state index in [0.717, 1.165) is 6.42 Å². The number of hydrogen-bond acceptors (Lipinski definition) is 7. The Kier molecular flexibility index (Phi) is 7.34. The first-order valence-electron chi connectivity index (χ1n) is 9.63. The van der Waals surface area contributed by atoms with E-state index < -0.39 is 15.3 Å². The van der Waals surface area contributed by atoms with Crippen LogP contribution in [-0.4, -0.2) is 64.9 Å². The topological polar surface area (TPSA) is 126 Å². The van der Waals surface area contributed by atoms with Gasteiger partial charge in [0.1, 0.15) is 0 Å². The smallest absolute Gasteiger partial charge is 0.343 e. The van der Waals surface area contributed by atoms with Gasteiger partial charge in [0.25, 0.3) is 0 Å². The van der Waals surface area contributed by atoms with Crippen LogP contribution < -0.4 is 11.0 Å². The molecule has 2 aromatic rings. The quantitative estimate of drug-likeness (QED) is 0.571. The summed E-state index contributed by atoms with van der Waals surface area (Å²) in [6, 6.07) is 6.07. The predicted molar refractivity (Wildman–Crippen MR) is 113 cm³/mol. The van der Waals surface area contributed by atoms with Crippen LogP contribution in [0.15, 0.2) is 39.1 Å². The van der Waals surface area contributed by atoms with E-state index in [4.69, 9.17) is 4.74 Å². The van der Waals surface area contributed by atoms with Crippen LogP contribution in [0.3, 0.4) is 0 Å². The van der Waals surface area contributed by atoms with E-state index in [1.54, 1.807) is 19.1 Å². The summed E-state index contributed by atoms with van der Waals surface area (Å²) in [6.07, 6.45) is 0.771. The molecule has 0 saturated carbocycles. The molecule has 10 nitrogen and oxygen atoms in total. The molecule has 0 radical (unpaired) electrons. The number of morpholine rings is 1. The number of thioether (sulfide) groups is 1. The van der Waals surface area contributed by atoms with E-state index in [9.17, 15) is 18.0 Å². The first-order chi connectivity index (χ1) is 14.3. The Balaban J connectivity index is 1.63. The highest BCUT2D eigenvalue weighted by Gasteiger charge is 2.26. The molecular weight excluding hydrogens is 430 g/mol. The summed E-state index contributed by atoms with van der Waals surface area (Å²) in [5.41, 5.74) is 0.186. The molecule has 1 aromatic carbocycles. The lowest BCUT2D eigenvalue weighted by molar-refractivity contribution is -0.115. The Morgan fingerprint density at radius 1 is 1.30 bits per heavy atom. The molecule has 1 fully saturated rings. The molecule has 0 spiro atoms. The summed E-state index contributed by atoms with van der Waals surface area (Å²) in [6.45, 7) is 5.60. The highest BCUT2D eigenvalue weighted by molar-refractivity contribution is 8.00. The zero-order valence-corrected chi connectivity index (χ0v) is 18.5. The molecule has 30 heavy (non-hydrogen) atoms. The second-order valence-electron chi connectivity index (χ2n) is 6.75. The number of hydrogen-bond donors (Lipinski definition) is 2. The van der Waals surface area contributed by atoms with Crippen molar-refractivity contribution in [2.24, 2.45) is 0 Å². The Hall–Kier alpha value is -2.15. The zero-order chi connectivity index (χ0) is 21.7. The average molecular weight is 456 g/mol. The minimum Gasteiger partial charge on any atom is -0.379 e. The number of ether oxygens (including phenoxy) is 1. The fraction of sp³-hybridized carbons (Fsp3) is 0.500. The third-order valence-electron chi connectivity index (χ3n) is 4.55. The normalized spacial score (nSPS) is 16.3. The van der Waals surface area contributed by atoms with Crippen LogP contribution in [-0.2, 0) is 26.1 Å². The highest BCUT2D eigenvalue weighted by Crippen LogP contribution is 2.23. The highest BCUT2D eigenvalue weighted by atomic mass is 32.2. The molecule has 0 aliphatic carbocycles. The molecule has 2 heterocycles. The Bertz CT molecular complexity index is 1030. The predicted octanol–water partition coefficient (Wildman–Crippen LogP) is 1.12. The summed E-state index contributed by atoms with van der Waals surface area (Å²) >= 11 is 1.18. The summed E-state index contributed by atoms with van der Waals surface area (Å²) in [5.74, 6) is -0.276. The number of carbonyl (C=O) groups is 1. The van der Waals surface area contributed by atoms with Crippen molar-refractivity contribution in [2.75, 3.05) is 31.6 Å². The number of aromatic amines is 1. The van der Waals surface area contributed by atoms with Crippen LogP contribution >= 0.6 is 11.8 Å². The second kappa shape index (κ2) is 9.77. The van der Waals surface area contributed by atoms with E-state index in [1.807, 2.05) is 6.92 Å². The third kappa shape index (κ3) is 5.12. The van der Waals surface area contributed by atoms with E-state index in [-0.39, 0.29) is 16.5 Å². The monoisotopic (exact) mass is 455 g/mol. The number of benzene rings is 1. The first-order valence-corrected chi connectivity index (χ1v) is 12.0. The molecule has 1 atom stereocenters. The van der Waals surface area contributed by atoms with Crippen molar-refractivity contribution in [2.45, 2.75) is 42.1 Å². The lowest BCUT2D eigenvalue weighted by Crippen LogP contribution is -2.40. The molecule has 3 rings (SSSR count). The molecule has 0 unspecified atom stereocenters. The number of nitrogens with zero attached hydrogens (tertiary/aromatic N) is 3. The number of H-pyrrole nitrogens is 1. The van der Waals surface area contributed by atoms with Gasteiger partial charge in [-0.3, -0.25) is 9.36 Å². The molecule has 164 valence electrons. The Morgan fingerprint density at radius 3 is 2.60 bits per heavy atom. The number of sulfonamides is 1. The van der Waals surface area contributed by atoms with Gasteiger partial charge in [-0.2, -0.15) is 4.31 Å². The van der Waals surface area contributed by atoms with Crippen LogP contribution in [0, 0.1) is 0 Å². The van der Waals surface area contributed by atoms with Crippen LogP contribution in [0.4, 0.5) is 5.69 Å². The van der Waals surface area contributed by atoms with Gasteiger partial charge in [0, 0.05) is 25.3 Å². The second-order valence-corrected chi connectivity index (χ2v) is 10.00. The number of rotatable bonds is 8. The van der Waals surface area contributed by atoms with Crippen molar-refractivity contribution in [3.05, 3.63) is 34.7 Å². The number of anilines is 1. The third-order valence-corrected chi connectivity index (χ3v) is 7.55. The van der Waals surface area contributed by atoms with Crippen molar-refractivity contribution in [3.63, 3.8) is 0 Å². The van der Waals surface area contributed by atoms with Gasteiger partial charge in [-0.05, 0) is 37.6 Å². The van der Waals surface area contributed by atoms with Gasteiger partial charge in [-0.1, -0.05) is 18.7 Å². The molecule has 1 aliphatic heterocycles. The van der Waals surface area contributed by atoms with Crippen molar-refractivity contribution in [1.82, 2.24) is 19.1 Å². The molecular formula is C18H25N5O5S2. The first kappa shape index (κ1) is 22.5. The number of nitrogens with one attached hydrogen (secondary N) is 2. The SMILES string of the molecule is CCCn1c(S[C@@H](C)C(=O)Nc2ccc(S(=O)(=O)N3CCOCC3)cc2)n[nH]c1=O. The van der Waals surface area contributed by atoms with Gasteiger partial charge in [-0.25, -0.2) is 18.3 Å². The molecule has 1 saturated heterocycles. The molecule has 12 heteroatoms. The lowest BCUT2D eigenvalue weighted by Gasteiger charge is -2.26. The maximum atomic E-state index is 12.7. The van der Waals surface area contributed by atoms with Gasteiger partial charge < -0.3 is 10.1 Å². The maximum Gasteiger partial charge on any atom is 0.343 e. The van der Waals surface area contributed by atoms with Crippen molar-refractivity contribution < 1.29 is 17.9 Å². The Labute approximate surface area is 179 Å². The van der Waals surface area contributed by atoms with E-state index in [1.165, 1.54) is 32.8 Å². The maximum absolute atomic E-state index is 12.7. The minimum absolute atomic E-state index is 0.171. The van der Waals surface area contributed by atoms with Crippen molar-refractivity contribution >= 4 is 33.4 Å². The molecule has 1 aromatic heterocycles. The van der Waals surface area contributed by atoms with Gasteiger partial charge in [0.05, 0.1) is 23.4 Å². The summed E-state index contributed by atoms with van der Waals surface area (Å²) in [5, 5.41) is 9.09. The number of amides is 1.